The molecule has 0 aliphatic heterocycles. The zero-order chi connectivity index (χ0) is 11.7. The average Bonchev–Trinajstić information content (AvgIpc) is 2.64. The van der Waals surface area contributed by atoms with E-state index in [9.17, 15) is 4.79 Å². The zero-order valence-corrected chi connectivity index (χ0v) is 8.98. The van der Waals surface area contributed by atoms with E-state index in [2.05, 4.69) is 5.10 Å². The Morgan fingerprint density at radius 2 is 2.12 bits per heavy atom. The van der Waals surface area contributed by atoms with E-state index in [1.807, 2.05) is 0 Å². The highest BCUT2D eigenvalue weighted by Crippen LogP contribution is 2.19. The lowest BCUT2D eigenvalue weighted by molar-refractivity contribution is 0.1000. The lowest BCUT2D eigenvalue weighted by atomic mass is 10.1. The second-order valence-corrected chi connectivity index (χ2v) is 3.65. The van der Waals surface area contributed by atoms with Crippen LogP contribution in [0.4, 0.5) is 5.82 Å². The van der Waals surface area contributed by atoms with Crippen LogP contribution in [0.3, 0.4) is 0 Å². The topological polar surface area (TPSA) is 86.9 Å². The van der Waals surface area contributed by atoms with Gasteiger partial charge in [-0.1, -0.05) is 11.6 Å². The highest BCUT2D eigenvalue weighted by atomic mass is 35.5. The average molecular weight is 237 g/mol. The van der Waals surface area contributed by atoms with Crippen LogP contribution < -0.4 is 11.5 Å². The van der Waals surface area contributed by atoms with Gasteiger partial charge in [-0.2, -0.15) is 5.10 Å². The fourth-order valence-electron chi connectivity index (χ4n) is 1.37. The Morgan fingerprint density at radius 1 is 1.38 bits per heavy atom. The summed E-state index contributed by atoms with van der Waals surface area (Å²) in [6.45, 7) is 0. The molecule has 1 aromatic carbocycles. The summed E-state index contributed by atoms with van der Waals surface area (Å²) in [7, 11) is 0. The third kappa shape index (κ3) is 1.85. The predicted octanol–water partition coefficient (Wildman–Crippen LogP) is 1.21. The van der Waals surface area contributed by atoms with Gasteiger partial charge >= 0.3 is 0 Å². The third-order valence-corrected chi connectivity index (χ3v) is 2.32. The first kappa shape index (κ1) is 10.5. The van der Waals surface area contributed by atoms with Gasteiger partial charge in [0.2, 0.25) is 0 Å². The molecule has 1 aromatic heterocycles. The zero-order valence-electron chi connectivity index (χ0n) is 8.22. The van der Waals surface area contributed by atoms with Crippen molar-refractivity contribution in [2.45, 2.75) is 0 Å². The van der Waals surface area contributed by atoms with Crippen molar-refractivity contribution in [2.75, 3.05) is 5.73 Å². The molecular weight excluding hydrogens is 228 g/mol. The molecule has 1 amide bonds. The smallest absolute Gasteiger partial charge is 0.250 e. The molecule has 6 heteroatoms. The SMILES string of the molecule is NC(=O)c1ccc(Cl)cc1-n1ccc(N)n1. The van der Waals surface area contributed by atoms with E-state index in [0.717, 1.165) is 0 Å². The van der Waals surface area contributed by atoms with Crippen molar-refractivity contribution in [3.05, 3.63) is 41.0 Å². The number of hydrogen-bond acceptors (Lipinski definition) is 3. The summed E-state index contributed by atoms with van der Waals surface area (Å²) >= 11 is 5.85. The normalized spacial score (nSPS) is 10.3. The maximum Gasteiger partial charge on any atom is 0.250 e. The number of halogens is 1. The number of anilines is 1. The number of benzene rings is 1. The lowest BCUT2D eigenvalue weighted by Crippen LogP contribution is -2.15. The summed E-state index contributed by atoms with van der Waals surface area (Å²) in [5.74, 6) is -0.184. The Kier molecular flexibility index (Phi) is 2.54. The minimum Gasteiger partial charge on any atom is -0.382 e. The first-order valence-electron chi connectivity index (χ1n) is 4.49. The van der Waals surface area contributed by atoms with Crippen LogP contribution in [0.1, 0.15) is 10.4 Å². The van der Waals surface area contributed by atoms with Gasteiger partial charge in [0.15, 0.2) is 0 Å². The molecule has 5 nitrogen and oxygen atoms in total. The second-order valence-electron chi connectivity index (χ2n) is 3.21. The minimum atomic E-state index is -0.541. The molecular formula is C10H9ClN4O. The summed E-state index contributed by atoms with van der Waals surface area (Å²) in [6.07, 6.45) is 1.63. The number of carbonyl (C=O) groups is 1. The quantitative estimate of drug-likeness (QED) is 0.822. The van der Waals surface area contributed by atoms with Crippen LogP contribution in [0.5, 0.6) is 0 Å². The minimum absolute atomic E-state index is 0.340. The highest BCUT2D eigenvalue weighted by Gasteiger charge is 2.11. The van der Waals surface area contributed by atoms with Gasteiger partial charge in [-0.05, 0) is 18.2 Å². The van der Waals surface area contributed by atoms with E-state index in [1.54, 1.807) is 30.5 Å². The van der Waals surface area contributed by atoms with Crippen molar-refractivity contribution in [3.63, 3.8) is 0 Å². The first-order valence-corrected chi connectivity index (χ1v) is 4.86. The monoisotopic (exact) mass is 236 g/mol. The number of amides is 1. The third-order valence-electron chi connectivity index (χ3n) is 2.08. The van der Waals surface area contributed by atoms with Crippen LogP contribution in [0.25, 0.3) is 5.69 Å². The summed E-state index contributed by atoms with van der Waals surface area (Å²) in [5, 5.41) is 4.49. The molecule has 0 saturated carbocycles. The van der Waals surface area contributed by atoms with E-state index in [0.29, 0.717) is 22.1 Å². The van der Waals surface area contributed by atoms with Gasteiger partial charge in [0.05, 0.1) is 11.3 Å². The van der Waals surface area contributed by atoms with Crippen molar-refractivity contribution >= 4 is 23.3 Å². The number of primary amides is 1. The molecule has 0 radical (unpaired) electrons. The van der Waals surface area contributed by atoms with Crippen LogP contribution in [0.15, 0.2) is 30.5 Å². The van der Waals surface area contributed by atoms with E-state index >= 15 is 0 Å². The van der Waals surface area contributed by atoms with Crippen molar-refractivity contribution in [1.29, 1.82) is 0 Å². The summed E-state index contributed by atoms with van der Waals surface area (Å²) < 4.78 is 1.46. The highest BCUT2D eigenvalue weighted by molar-refractivity contribution is 6.31. The Balaban J connectivity index is 2.62. The van der Waals surface area contributed by atoms with E-state index < -0.39 is 5.91 Å². The number of nitrogens with two attached hydrogens (primary N) is 2. The number of nitrogen functional groups attached to an aromatic ring is 1. The van der Waals surface area contributed by atoms with E-state index in [-0.39, 0.29) is 0 Å². The maximum atomic E-state index is 11.2. The molecule has 4 N–H and O–H groups in total. The molecule has 2 rings (SSSR count). The molecule has 0 bridgehead atoms. The second kappa shape index (κ2) is 3.86. The maximum absolute atomic E-state index is 11.2. The molecule has 0 spiro atoms. The standard InChI is InChI=1S/C10H9ClN4O/c11-6-1-2-7(10(13)16)8(5-6)15-4-3-9(12)14-15/h1-5H,(H2,12,14)(H2,13,16). The fraction of sp³-hybridized carbons (Fsp3) is 0. The molecule has 1 heterocycles. The largest absolute Gasteiger partial charge is 0.382 e. The Bertz CT molecular complexity index is 550. The van der Waals surface area contributed by atoms with Crippen LogP contribution in [-0.4, -0.2) is 15.7 Å². The summed E-state index contributed by atoms with van der Waals surface area (Å²) in [6, 6.07) is 6.37. The molecule has 82 valence electrons. The lowest BCUT2D eigenvalue weighted by Gasteiger charge is -2.06. The predicted molar refractivity (Wildman–Crippen MR) is 61.5 cm³/mol. The molecule has 0 atom stereocenters. The number of carbonyl (C=O) groups excluding carboxylic acids is 1. The molecule has 16 heavy (non-hydrogen) atoms. The van der Waals surface area contributed by atoms with Crippen LogP contribution in [0, 0.1) is 0 Å². The van der Waals surface area contributed by atoms with Gasteiger partial charge < -0.3 is 11.5 Å². The molecule has 0 unspecified atom stereocenters. The van der Waals surface area contributed by atoms with E-state index in [4.69, 9.17) is 23.1 Å². The van der Waals surface area contributed by atoms with Gasteiger partial charge in [0, 0.05) is 17.3 Å². The van der Waals surface area contributed by atoms with Gasteiger partial charge in [0.1, 0.15) is 5.82 Å². The van der Waals surface area contributed by atoms with E-state index in [1.165, 1.54) is 4.68 Å². The molecule has 0 fully saturated rings. The van der Waals surface area contributed by atoms with Crippen molar-refractivity contribution in [1.82, 2.24) is 9.78 Å². The molecule has 0 aliphatic carbocycles. The van der Waals surface area contributed by atoms with Crippen molar-refractivity contribution < 1.29 is 4.79 Å². The molecule has 0 aliphatic rings. The Labute approximate surface area is 96.6 Å². The van der Waals surface area contributed by atoms with Crippen LogP contribution in [-0.2, 0) is 0 Å². The number of nitrogens with zero attached hydrogens (tertiary/aromatic N) is 2. The van der Waals surface area contributed by atoms with Crippen LogP contribution >= 0.6 is 11.6 Å². The van der Waals surface area contributed by atoms with Gasteiger partial charge in [-0.15, -0.1) is 0 Å². The van der Waals surface area contributed by atoms with Crippen LogP contribution in [0.2, 0.25) is 5.02 Å². The number of rotatable bonds is 2. The van der Waals surface area contributed by atoms with Gasteiger partial charge in [-0.25, -0.2) is 4.68 Å². The number of hydrogen-bond donors (Lipinski definition) is 2. The Morgan fingerprint density at radius 3 is 2.69 bits per heavy atom. The number of aromatic nitrogens is 2. The van der Waals surface area contributed by atoms with Gasteiger partial charge in [-0.3, -0.25) is 4.79 Å². The molecule has 2 aromatic rings. The Hall–Kier alpha value is -2.01. The first-order chi connectivity index (χ1) is 7.58. The van der Waals surface area contributed by atoms with Crippen molar-refractivity contribution in [3.8, 4) is 5.69 Å². The summed E-state index contributed by atoms with van der Waals surface area (Å²) in [4.78, 5) is 11.2. The fourth-order valence-corrected chi connectivity index (χ4v) is 1.54. The van der Waals surface area contributed by atoms with Crippen molar-refractivity contribution in [2.24, 2.45) is 5.73 Å². The van der Waals surface area contributed by atoms with Gasteiger partial charge in [0.25, 0.3) is 5.91 Å². The molecule has 0 saturated heterocycles. The summed E-state index contributed by atoms with van der Waals surface area (Å²) in [5.41, 5.74) is 11.6.